The lowest BCUT2D eigenvalue weighted by Crippen LogP contribution is -2.33. The zero-order valence-corrected chi connectivity index (χ0v) is 15.4. The number of benzene rings is 1. The highest BCUT2D eigenvalue weighted by atomic mass is 32.2. The Morgan fingerprint density at radius 3 is 2.62 bits per heavy atom. The molecule has 5 nitrogen and oxygen atoms in total. The molecule has 2 aliphatic rings. The average molecular weight is 368 g/mol. The zero-order chi connectivity index (χ0) is 17.9. The predicted octanol–water partition coefficient (Wildman–Crippen LogP) is 4.41. The molecule has 6 heteroatoms. The Balaban J connectivity index is 1.48. The first-order valence-electron chi connectivity index (χ1n) is 8.75. The van der Waals surface area contributed by atoms with E-state index in [4.69, 9.17) is 9.15 Å². The second kappa shape index (κ2) is 7.41. The number of thioether (sulfide) groups is 1. The number of hydrogen-bond donors (Lipinski definition) is 0. The molecule has 1 aromatic carbocycles. The van der Waals surface area contributed by atoms with Crippen LogP contribution in [0.5, 0.6) is 5.75 Å². The van der Waals surface area contributed by atoms with Crippen molar-refractivity contribution in [1.82, 2.24) is 4.90 Å². The predicted molar refractivity (Wildman–Crippen MR) is 104 cm³/mol. The lowest BCUT2D eigenvalue weighted by Gasteiger charge is -2.27. The fourth-order valence-corrected chi connectivity index (χ4v) is 4.03. The number of aliphatic imine (C=N–C) groups is 1. The van der Waals surface area contributed by atoms with E-state index in [0.29, 0.717) is 10.7 Å². The van der Waals surface area contributed by atoms with Gasteiger partial charge < -0.3 is 14.1 Å². The third-order valence-corrected chi connectivity index (χ3v) is 5.55. The van der Waals surface area contributed by atoms with Crippen LogP contribution in [0.4, 0.5) is 0 Å². The van der Waals surface area contributed by atoms with Gasteiger partial charge in [-0.15, -0.1) is 0 Å². The summed E-state index contributed by atoms with van der Waals surface area (Å²) in [6.45, 7) is 1.96. The monoisotopic (exact) mass is 368 g/mol. The summed E-state index contributed by atoms with van der Waals surface area (Å²) in [6, 6.07) is 11.5. The molecular formula is C20H20N2O3S. The van der Waals surface area contributed by atoms with Gasteiger partial charge in [-0.1, -0.05) is 0 Å². The van der Waals surface area contributed by atoms with Crippen LogP contribution >= 0.6 is 11.8 Å². The Kier molecular flexibility index (Phi) is 4.84. The SMILES string of the molecule is COc1ccc(-c2ccc(C=C3SC(N4CCCCC4)=NC3=O)o2)cc1. The molecule has 0 unspecified atom stereocenters. The molecule has 1 aromatic heterocycles. The maximum Gasteiger partial charge on any atom is 0.286 e. The lowest BCUT2D eigenvalue weighted by molar-refractivity contribution is -0.113. The van der Waals surface area contributed by atoms with Crippen LogP contribution in [0.25, 0.3) is 17.4 Å². The van der Waals surface area contributed by atoms with Crippen molar-refractivity contribution in [2.75, 3.05) is 20.2 Å². The number of likely N-dealkylation sites (tertiary alicyclic amines) is 1. The molecule has 2 aliphatic heterocycles. The molecule has 0 bridgehead atoms. The maximum atomic E-state index is 12.2. The highest BCUT2D eigenvalue weighted by molar-refractivity contribution is 8.18. The molecule has 2 aromatic rings. The second-order valence-electron chi connectivity index (χ2n) is 6.29. The van der Waals surface area contributed by atoms with Gasteiger partial charge in [-0.25, -0.2) is 0 Å². The molecule has 4 rings (SSSR count). The number of carbonyl (C=O) groups is 1. The minimum absolute atomic E-state index is 0.182. The van der Waals surface area contributed by atoms with Gasteiger partial charge in [0.1, 0.15) is 17.3 Å². The van der Waals surface area contributed by atoms with Crippen LogP contribution in [-0.4, -0.2) is 36.2 Å². The quantitative estimate of drug-likeness (QED) is 0.751. The summed E-state index contributed by atoms with van der Waals surface area (Å²) in [4.78, 5) is 19.3. The van der Waals surface area contributed by atoms with E-state index in [9.17, 15) is 4.79 Å². The first-order chi connectivity index (χ1) is 12.7. The van der Waals surface area contributed by atoms with Crippen molar-refractivity contribution < 1.29 is 13.9 Å². The van der Waals surface area contributed by atoms with Gasteiger partial charge in [0.25, 0.3) is 5.91 Å². The van der Waals surface area contributed by atoms with Crippen molar-refractivity contribution in [3.05, 3.63) is 47.1 Å². The Morgan fingerprint density at radius 2 is 1.88 bits per heavy atom. The normalized spacial score (nSPS) is 19.1. The van der Waals surface area contributed by atoms with Gasteiger partial charge in [0, 0.05) is 24.7 Å². The molecule has 0 radical (unpaired) electrons. The van der Waals surface area contributed by atoms with E-state index in [1.807, 2.05) is 36.4 Å². The second-order valence-corrected chi connectivity index (χ2v) is 7.30. The molecule has 26 heavy (non-hydrogen) atoms. The number of amides is 1. The number of hydrogen-bond acceptors (Lipinski definition) is 5. The lowest BCUT2D eigenvalue weighted by atomic mass is 10.1. The Labute approximate surface area is 156 Å². The number of methoxy groups -OCH3 is 1. The third-order valence-electron chi connectivity index (χ3n) is 4.51. The van der Waals surface area contributed by atoms with Crippen LogP contribution < -0.4 is 4.74 Å². The number of ether oxygens (including phenoxy) is 1. The van der Waals surface area contributed by atoms with Crippen LogP contribution in [0.15, 0.2) is 50.7 Å². The molecule has 1 amide bonds. The van der Waals surface area contributed by atoms with Crippen LogP contribution in [0.2, 0.25) is 0 Å². The number of nitrogens with zero attached hydrogens (tertiary/aromatic N) is 2. The molecule has 0 aliphatic carbocycles. The first-order valence-corrected chi connectivity index (χ1v) is 9.56. The largest absolute Gasteiger partial charge is 0.497 e. The number of carbonyl (C=O) groups excluding carboxylic acids is 1. The van der Waals surface area contributed by atoms with Crippen LogP contribution in [0.3, 0.4) is 0 Å². The minimum Gasteiger partial charge on any atom is -0.497 e. The highest BCUT2D eigenvalue weighted by Crippen LogP contribution is 2.32. The summed E-state index contributed by atoms with van der Waals surface area (Å²) < 4.78 is 11.1. The van der Waals surface area contributed by atoms with Crippen molar-refractivity contribution in [2.24, 2.45) is 4.99 Å². The van der Waals surface area contributed by atoms with Gasteiger partial charge >= 0.3 is 0 Å². The van der Waals surface area contributed by atoms with E-state index in [0.717, 1.165) is 48.2 Å². The van der Waals surface area contributed by atoms with Crippen molar-refractivity contribution >= 4 is 28.9 Å². The summed E-state index contributed by atoms with van der Waals surface area (Å²) in [5.41, 5.74) is 0.964. The standard InChI is InChI=1S/C20H20N2O3S/c1-24-15-7-5-14(6-8-15)17-10-9-16(25-17)13-18-19(23)21-20(26-18)22-11-3-2-4-12-22/h5-10,13H,2-4,11-12H2,1H3. The number of furan rings is 1. The molecule has 1 fully saturated rings. The number of amidine groups is 1. The molecule has 1 saturated heterocycles. The molecule has 134 valence electrons. The number of piperidine rings is 1. The first kappa shape index (κ1) is 17.0. The Morgan fingerprint density at radius 1 is 1.12 bits per heavy atom. The molecule has 0 N–H and O–H groups in total. The van der Waals surface area contributed by atoms with Gasteiger partial charge in [0.2, 0.25) is 0 Å². The third kappa shape index (κ3) is 3.55. The van der Waals surface area contributed by atoms with E-state index in [1.165, 1.54) is 18.2 Å². The van der Waals surface area contributed by atoms with E-state index >= 15 is 0 Å². The highest BCUT2D eigenvalue weighted by Gasteiger charge is 2.27. The van der Waals surface area contributed by atoms with Crippen LogP contribution in [0.1, 0.15) is 25.0 Å². The maximum absolute atomic E-state index is 12.2. The molecular weight excluding hydrogens is 348 g/mol. The molecule has 0 spiro atoms. The van der Waals surface area contributed by atoms with Gasteiger partial charge in [0.05, 0.1) is 12.0 Å². The van der Waals surface area contributed by atoms with Gasteiger partial charge in [-0.05, 0) is 67.4 Å². The number of rotatable bonds is 3. The minimum atomic E-state index is -0.182. The topological polar surface area (TPSA) is 55.0 Å². The molecule has 0 atom stereocenters. The van der Waals surface area contributed by atoms with Gasteiger partial charge in [-0.2, -0.15) is 4.99 Å². The summed E-state index contributed by atoms with van der Waals surface area (Å²) in [6.07, 6.45) is 5.36. The smallest absolute Gasteiger partial charge is 0.286 e. The molecule has 0 saturated carbocycles. The van der Waals surface area contributed by atoms with Gasteiger partial charge in [-0.3, -0.25) is 4.79 Å². The zero-order valence-electron chi connectivity index (χ0n) is 14.6. The van der Waals surface area contributed by atoms with E-state index in [-0.39, 0.29) is 5.91 Å². The average Bonchev–Trinajstić information content (AvgIpc) is 3.30. The van der Waals surface area contributed by atoms with Crippen LogP contribution in [0, 0.1) is 0 Å². The summed E-state index contributed by atoms with van der Waals surface area (Å²) in [5, 5.41) is 0.822. The van der Waals surface area contributed by atoms with Gasteiger partial charge in [0.15, 0.2) is 5.17 Å². The van der Waals surface area contributed by atoms with Crippen molar-refractivity contribution in [3.63, 3.8) is 0 Å². The van der Waals surface area contributed by atoms with E-state index in [2.05, 4.69) is 9.89 Å². The Hall–Kier alpha value is -2.47. The fraction of sp³-hybridized carbons (Fsp3) is 0.300. The summed E-state index contributed by atoms with van der Waals surface area (Å²) in [5.74, 6) is 2.03. The van der Waals surface area contributed by atoms with E-state index < -0.39 is 0 Å². The summed E-state index contributed by atoms with van der Waals surface area (Å²) in [7, 11) is 1.64. The molecule has 3 heterocycles. The van der Waals surface area contributed by atoms with Crippen molar-refractivity contribution in [2.45, 2.75) is 19.3 Å². The van der Waals surface area contributed by atoms with Crippen LogP contribution in [-0.2, 0) is 4.79 Å². The van der Waals surface area contributed by atoms with Crippen molar-refractivity contribution in [1.29, 1.82) is 0 Å². The Bertz CT molecular complexity index is 861. The summed E-state index contributed by atoms with van der Waals surface area (Å²) >= 11 is 1.44. The van der Waals surface area contributed by atoms with E-state index in [1.54, 1.807) is 13.2 Å². The van der Waals surface area contributed by atoms with Crippen molar-refractivity contribution in [3.8, 4) is 17.1 Å². The fourth-order valence-electron chi connectivity index (χ4n) is 3.09.